The zero-order valence-corrected chi connectivity index (χ0v) is 14.6. The molecule has 3 aromatic carbocycles. The molecule has 0 radical (unpaired) electrons. The molecule has 1 aromatic heterocycles. The van der Waals surface area contributed by atoms with Gasteiger partial charge in [-0.1, -0.05) is 35.9 Å². The van der Waals surface area contributed by atoms with E-state index in [-0.39, 0.29) is 5.91 Å². The first-order valence-electron chi connectivity index (χ1n) is 8.45. The second-order valence-corrected chi connectivity index (χ2v) is 6.34. The molecular weight excluding hydrogens is 324 g/mol. The maximum absolute atomic E-state index is 12.5. The van der Waals surface area contributed by atoms with Crippen molar-refractivity contribution in [1.29, 1.82) is 0 Å². The van der Waals surface area contributed by atoms with Crippen molar-refractivity contribution in [2.75, 3.05) is 5.32 Å². The second-order valence-electron chi connectivity index (χ2n) is 6.34. The number of oxazole rings is 1. The first-order valence-corrected chi connectivity index (χ1v) is 8.45. The maximum Gasteiger partial charge on any atom is 0.255 e. The van der Waals surface area contributed by atoms with E-state index in [1.54, 1.807) is 0 Å². The standard InChI is InChI=1S/C22H18N2O2/c1-14-6-5-8-16(12-14)22-24-19-13-17(10-11-20(19)26-22)23-21(25)18-9-4-3-7-15(18)2/h3-13H,1-2H3,(H,23,25). The number of carbonyl (C=O) groups excluding carboxylic acids is 1. The molecule has 0 aliphatic carbocycles. The molecule has 4 rings (SSSR count). The van der Waals surface area contributed by atoms with E-state index in [2.05, 4.69) is 10.3 Å². The number of hydrogen-bond donors (Lipinski definition) is 1. The molecule has 0 saturated carbocycles. The van der Waals surface area contributed by atoms with Crippen molar-refractivity contribution in [3.8, 4) is 11.5 Å². The molecular formula is C22H18N2O2. The lowest BCUT2D eigenvalue weighted by atomic mass is 10.1. The van der Waals surface area contributed by atoms with Crippen LogP contribution < -0.4 is 5.32 Å². The lowest BCUT2D eigenvalue weighted by Gasteiger charge is -2.07. The fourth-order valence-electron chi connectivity index (χ4n) is 2.93. The molecule has 0 unspecified atom stereocenters. The summed E-state index contributed by atoms with van der Waals surface area (Å²) in [7, 11) is 0. The van der Waals surface area contributed by atoms with E-state index in [0.717, 1.165) is 16.7 Å². The SMILES string of the molecule is Cc1cccc(-c2nc3cc(NC(=O)c4ccccc4C)ccc3o2)c1. The third-order valence-corrected chi connectivity index (χ3v) is 4.30. The van der Waals surface area contributed by atoms with Crippen molar-refractivity contribution in [2.45, 2.75) is 13.8 Å². The average Bonchev–Trinajstić information content (AvgIpc) is 3.05. The Bertz CT molecular complexity index is 1110. The number of aromatic nitrogens is 1. The molecule has 128 valence electrons. The summed E-state index contributed by atoms with van der Waals surface area (Å²) in [6.07, 6.45) is 0. The molecule has 0 aliphatic rings. The van der Waals surface area contributed by atoms with Gasteiger partial charge in [0, 0.05) is 16.8 Å². The van der Waals surface area contributed by atoms with Crippen LogP contribution in [0.3, 0.4) is 0 Å². The van der Waals surface area contributed by atoms with Crippen molar-refractivity contribution in [3.63, 3.8) is 0 Å². The smallest absolute Gasteiger partial charge is 0.255 e. The molecule has 0 fully saturated rings. The van der Waals surface area contributed by atoms with Crippen molar-refractivity contribution in [2.24, 2.45) is 0 Å². The van der Waals surface area contributed by atoms with Gasteiger partial charge in [0.1, 0.15) is 5.52 Å². The van der Waals surface area contributed by atoms with Gasteiger partial charge in [-0.25, -0.2) is 4.98 Å². The molecule has 0 atom stereocenters. The Kier molecular flexibility index (Phi) is 4.01. The zero-order chi connectivity index (χ0) is 18.1. The van der Waals surface area contributed by atoms with Gasteiger partial charge in [-0.2, -0.15) is 0 Å². The Morgan fingerprint density at radius 1 is 0.962 bits per heavy atom. The van der Waals surface area contributed by atoms with E-state index in [4.69, 9.17) is 4.42 Å². The van der Waals surface area contributed by atoms with Crippen LogP contribution in [-0.2, 0) is 0 Å². The second kappa shape index (κ2) is 6.48. The molecule has 4 aromatic rings. The lowest BCUT2D eigenvalue weighted by Crippen LogP contribution is -2.13. The van der Waals surface area contributed by atoms with E-state index >= 15 is 0 Å². The van der Waals surface area contributed by atoms with Crippen LogP contribution in [0.5, 0.6) is 0 Å². The highest BCUT2D eigenvalue weighted by molar-refractivity contribution is 6.05. The minimum Gasteiger partial charge on any atom is -0.436 e. The lowest BCUT2D eigenvalue weighted by molar-refractivity contribution is 0.102. The van der Waals surface area contributed by atoms with Crippen LogP contribution in [0.4, 0.5) is 5.69 Å². The molecule has 1 amide bonds. The number of nitrogens with one attached hydrogen (secondary N) is 1. The Labute approximate surface area is 151 Å². The number of anilines is 1. The molecule has 4 nitrogen and oxygen atoms in total. The predicted molar refractivity (Wildman–Crippen MR) is 103 cm³/mol. The molecule has 0 bridgehead atoms. The fourth-order valence-corrected chi connectivity index (χ4v) is 2.93. The summed E-state index contributed by atoms with van der Waals surface area (Å²) in [5, 5.41) is 2.93. The largest absolute Gasteiger partial charge is 0.436 e. The van der Waals surface area contributed by atoms with Crippen LogP contribution in [0.25, 0.3) is 22.6 Å². The molecule has 0 saturated heterocycles. The van der Waals surface area contributed by atoms with Crippen LogP contribution in [0.1, 0.15) is 21.5 Å². The Balaban J connectivity index is 1.64. The summed E-state index contributed by atoms with van der Waals surface area (Å²) in [6, 6.07) is 21.0. The van der Waals surface area contributed by atoms with E-state index in [1.165, 1.54) is 0 Å². The molecule has 0 spiro atoms. The van der Waals surface area contributed by atoms with Crippen LogP contribution in [0, 0.1) is 13.8 Å². The summed E-state index contributed by atoms with van der Waals surface area (Å²) in [5.74, 6) is 0.441. The highest BCUT2D eigenvalue weighted by Crippen LogP contribution is 2.27. The summed E-state index contributed by atoms with van der Waals surface area (Å²) in [4.78, 5) is 17.0. The third-order valence-electron chi connectivity index (χ3n) is 4.30. The molecule has 1 heterocycles. The summed E-state index contributed by atoms with van der Waals surface area (Å²) < 4.78 is 5.85. The van der Waals surface area contributed by atoms with Gasteiger partial charge in [-0.15, -0.1) is 0 Å². The number of aryl methyl sites for hydroxylation is 2. The summed E-state index contributed by atoms with van der Waals surface area (Å²) in [5.41, 5.74) is 5.78. The van der Waals surface area contributed by atoms with E-state index in [1.807, 2.05) is 80.6 Å². The van der Waals surface area contributed by atoms with Crippen LogP contribution in [-0.4, -0.2) is 10.9 Å². The zero-order valence-electron chi connectivity index (χ0n) is 14.6. The minimum absolute atomic E-state index is 0.134. The van der Waals surface area contributed by atoms with E-state index in [0.29, 0.717) is 28.2 Å². The highest BCUT2D eigenvalue weighted by atomic mass is 16.3. The van der Waals surface area contributed by atoms with Crippen molar-refractivity contribution in [1.82, 2.24) is 4.98 Å². The van der Waals surface area contributed by atoms with Crippen molar-refractivity contribution in [3.05, 3.63) is 83.4 Å². The normalized spacial score (nSPS) is 10.8. The van der Waals surface area contributed by atoms with Gasteiger partial charge in [0.15, 0.2) is 5.58 Å². The number of hydrogen-bond acceptors (Lipinski definition) is 3. The molecule has 4 heteroatoms. The van der Waals surface area contributed by atoms with Gasteiger partial charge in [-0.05, 0) is 55.8 Å². The van der Waals surface area contributed by atoms with Crippen LogP contribution in [0.2, 0.25) is 0 Å². The van der Waals surface area contributed by atoms with Gasteiger partial charge >= 0.3 is 0 Å². The van der Waals surface area contributed by atoms with Gasteiger partial charge in [0.25, 0.3) is 5.91 Å². The van der Waals surface area contributed by atoms with Crippen molar-refractivity contribution < 1.29 is 9.21 Å². The monoisotopic (exact) mass is 342 g/mol. The number of carbonyl (C=O) groups is 1. The first-order chi connectivity index (χ1) is 12.6. The number of benzene rings is 3. The minimum atomic E-state index is -0.134. The van der Waals surface area contributed by atoms with Gasteiger partial charge < -0.3 is 9.73 Å². The summed E-state index contributed by atoms with van der Waals surface area (Å²) >= 11 is 0. The van der Waals surface area contributed by atoms with Crippen LogP contribution in [0.15, 0.2) is 71.1 Å². The predicted octanol–water partition coefficient (Wildman–Crippen LogP) is 5.36. The molecule has 0 aliphatic heterocycles. The third kappa shape index (κ3) is 3.09. The number of nitrogens with zero attached hydrogens (tertiary/aromatic N) is 1. The van der Waals surface area contributed by atoms with Gasteiger partial charge in [0.2, 0.25) is 5.89 Å². The summed E-state index contributed by atoms with van der Waals surface area (Å²) in [6.45, 7) is 3.95. The molecule has 26 heavy (non-hydrogen) atoms. The average molecular weight is 342 g/mol. The number of amides is 1. The number of rotatable bonds is 3. The van der Waals surface area contributed by atoms with Crippen LogP contribution >= 0.6 is 0 Å². The highest BCUT2D eigenvalue weighted by Gasteiger charge is 2.12. The first kappa shape index (κ1) is 16.1. The van der Waals surface area contributed by atoms with E-state index in [9.17, 15) is 4.79 Å². The topological polar surface area (TPSA) is 55.1 Å². The number of fused-ring (bicyclic) bond motifs is 1. The van der Waals surface area contributed by atoms with E-state index < -0.39 is 0 Å². The van der Waals surface area contributed by atoms with Gasteiger partial charge in [0.05, 0.1) is 0 Å². The van der Waals surface area contributed by atoms with Crippen molar-refractivity contribution >= 4 is 22.7 Å². The fraction of sp³-hybridized carbons (Fsp3) is 0.0909. The Morgan fingerprint density at radius 3 is 2.62 bits per heavy atom. The Morgan fingerprint density at radius 2 is 1.81 bits per heavy atom. The quantitative estimate of drug-likeness (QED) is 0.545. The molecule has 1 N–H and O–H groups in total. The van der Waals surface area contributed by atoms with Gasteiger partial charge in [-0.3, -0.25) is 4.79 Å². The maximum atomic E-state index is 12.5. The Hall–Kier alpha value is -3.40.